The van der Waals surface area contributed by atoms with Gasteiger partial charge in [0, 0.05) is 12.6 Å². The van der Waals surface area contributed by atoms with Crippen molar-refractivity contribution in [3.05, 3.63) is 77.4 Å². The Morgan fingerprint density at radius 1 is 1.11 bits per heavy atom. The zero-order chi connectivity index (χ0) is 20.1. The van der Waals surface area contributed by atoms with Crippen molar-refractivity contribution in [2.24, 2.45) is 7.05 Å². The number of anilines is 1. The molecule has 3 aromatic rings. The molecular weight excluding hydrogens is 365 g/mol. The van der Waals surface area contributed by atoms with E-state index in [1.54, 1.807) is 43.4 Å². The quantitative estimate of drug-likeness (QED) is 0.661. The van der Waals surface area contributed by atoms with Crippen molar-refractivity contribution < 1.29 is 23.5 Å². The van der Waals surface area contributed by atoms with Crippen LogP contribution in [0.25, 0.3) is 0 Å². The Kier molecular flexibility index (Phi) is 5.69. The molecule has 0 saturated carbocycles. The number of esters is 1. The zero-order valence-electron chi connectivity index (χ0n) is 15.3. The maximum Gasteiger partial charge on any atom is 0.358 e. The summed E-state index contributed by atoms with van der Waals surface area (Å²) >= 11 is 0. The second-order valence-corrected chi connectivity index (χ2v) is 5.92. The third-order valence-corrected chi connectivity index (χ3v) is 4.00. The Balaban J connectivity index is 1.64. The molecule has 0 atom stereocenters. The summed E-state index contributed by atoms with van der Waals surface area (Å²) in [6.45, 7) is 0.280. The van der Waals surface area contributed by atoms with Crippen LogP contribution in [0, 0.1) is 5.82 Å². The largest absolute Gasteiger partial charge is 0.489 e. The van der Waals surface area contributed by atoms with Gasteiger partial charge in [-0.3, -0.25) is 9.48 Å². The minimum Gasteiger partial charge on any atom is -0.489 e. The highest BCUT2D eigenvalue weighted by Gasteiger charge is 2.19. The predicted molar refractivity (Wildman–Crippen MR) is 99.7 cm³/mol. The fourth-order valence-electron chi connectivity index (χ4n) is 2.51. The molecule has 1 N–H and O–H groups in total. The highest BCUT2D eigenvalue weighted by atomic mass is 19.1. The first kappa shape index (κ1) is 19.1. The lowest BCUT2D eigenvalue weighted by atomic mass is 10.1. The van der Waals surface area contributed by atoms with Crippen LogP contribution in [0.2, 0.25) is 0 Å². The van der Waals surface area contributed by atoms with Crippen LogP contribution < -0.4 is 10.1 Å². The van der Waals surface area contributed by atoms with Gasteiger partial charge in [0.1, 0.15) is 18.2 Å². The van der Waals surface area contributed by atoms with Gasteiger partial charge in [0.2, 0.25) is 0 Å². The molecule has 2 aromatic carbocycles. The molecule has 144 valence electrons. The summed E-state index contributed by atoms with van der Waals surface area (Å²) in [5.74, 6) is -0.755. The molecule has 1 aromatic heterocycles. The number of halogens is 1. The Hall–Kier alpha value is -3.68. The summed E-state index contributed by atoms with van der Waals surface area (Å²) in [5, 5.41) is 6.62. The molecule has 0 bridgehead atoms. The van der Waals surface area contributed by atoms with Crippen LogP contribution in [0.3, 0.4) is 0 Å². The van der Waals surface area contributed by atoms with Crippen LogP contribution in [0.15, 0.2) is 54.7 Å². The van der Waals surface area contributed by atoms with Crippen molar-refractivity contribution in [2.45, 2.75) is 6.61 Å². The van der Waals surface area contributed by atoms with E-state index in [-0.39, 0.29) is 29.7 Å². The summed E-state index contributed by atoms with van der Waals surface area (Å²) in [4.78, 5) is 24.3. The van der Waals surface area contributed by atoms with Crippen molar-refractivity contribution in [3.63, 3.8) is 0 Å². The molecule has 1 amide bonds. The summed E-state index contributed by atoms with van der Waals surface area (Å²) in [6.07, 6.45) is 1.38. The van der Waals surface area contributed by atoms with Crippen molar-refractivity contribution in [2.75, 3.05) is 12.4 Å². The molecule has 3 rings (SSSR count). The first-order chi connectivity index (χ1) is 13.5. The number of aryl methyl sites for hydroxylation is 1. The fraction of sp³-hybridized carbons (Fsp3) is 0.150. The number of benzene rings is 2. The van der Waals surface area contributed by atoms with Gasteiger partial charge in [-0.25, -0.2) is 9.18 Å². The Morgan fingerprint density at radius 3 is 2.43 bits per heavy atom. The van der Waals surface area contributed by atoms with Gasteiger partial charge < -0.3 is 14.8 Å². The van der Waals surface area contributed by atoms with E-state index in [0.29, 0.717) is 11.3 Å². The molecule has 0 spiro atoms. The third-order valence-electron chi connectivity index (χ3n) is 4.00. The number of aromatic nitrogens is 2. The van der Waals surface area contributed by atoms with E-state index in [4.69, 9.17) is 9.47 Å². The number of carbonyl (C=O) groups excluding carboxylic acids is 2. The lowest BCUT2D eigenvalue weighted by molar-refractivity contribution is 0.0589. The van der Waals surface area contributed by atoms with Crippen LogP contribution >= 0.6 is 0 Å². The van der Waals surface area contributed by atoms with Gasteiger partial charge in [-0.1, -0.05) is 12.1 Å². The van der Waals surface area contributed by atoms with Crippen molar-refractivity contribution in [1.82, 2.24) is 9.78 Å². The summed E-state index contributed by atoms with van der Waals surface area (Å²) < 4.78 is 24.5. The van der Waals surface area contributed by atoms with Crippen molar-refractivity contribution in [3.8, 4) is 5.75 Å². The monoisotopic (exact) mass is 383 g/mol. The highest BCUT2D eigenvalue weighted by Crippen LogP contribution is 2.17. The second kappa shape index (κ2) is 8.34. The van der Waals surface area contributed by atoms with Crippen LogP contribution in [0.5, 0.6) is 5.75 Å². The molecule has 0 aliphatic carbocycles. The van der Waals surface area contributed by atoms with Gasteiger partial charge in [0.25, 0.3) is 5.91 Å². The molecule has 0 fully saturated rings. The standard InChI is InChI=1S/C20H18FN3O4/c1-24-18(20(26)27-2)17(11-22-24)23-19(25)14-5-3-13(4-6-14)12-28-16-9-7-15(21)8-10-16/h3-11H,12H2,1-2H3,(H,23,25). The van der Waals surface area contributed by atoms with E-state index < -0.39 is 5.97 Å². The smallest absolute Gasteiger partial charge is 0.358 e. The van der Waals surface area contributed by atoms with Gasteiger partial charge in [-0.15, -0.1) is 0 Å². The van der Waals surface area contributed by atoms with Crippen LogP contribution in [0.1, 0.15) is 26.4 Å². The van der Waals surface area contributed by atoms with Gasteiger partial charge in [0.15, 0.2) is 5.69 Å². The predicted octanol–water partition coefficient (Wildman–Crippen LogP) is 3.18. The average molecular weight is 383 g/mol. The topological polar surface area (TPSA) is 82.4 Å². The molecular formula is C20H18FN3O4. The van der Waals surface area contributed by atoms with Crippen LogP contribution in [0.4, 0.5) is 10.1 Å². The minimum absolute atomic E-state index is 0.153. The Bertz CT molecular complexity index is 982. The molecule has 0 saturated heterocycles. The van der Waals surface area contributed by atoms with Crippen molar-refractivity contribution in [1.29, 1.82) is 0 Å². The number of amides is 1. The van der Waals surface area contributed by atoms with E-state index in [1.807, 2.05) is 0 Å². The molecule has 0 aliphatic heterocycles. The van der Waals surface area contributed by atoms with E-state index in [2.05, 4.69) is 10.4 Å². The fourth-order valence-corrected chi connectivity index (χ4v) is 2.51. The second-order valence-electron chi connectivity index (χ2n) is 5.92. The highest BCUT2D eigenvalue weighted by molar-refractivity contribution is 6.07. The molecule has 1 heterocycles. The summed E-state index contributed by atoms with van der Waals surface area (Å²) in [7, 11) is 2.84. The van der Waals surface area contributed by atoms with E-state index >= 15 is 0 Å². The summed E-state index contributed by atoms with van der Waals surface area (Å²) in [5.41, 5.74) is 1.67. The zero-order valence-corrected chi connectivity index (χ0v) is 15.3. The van der Waals surface area contributed by atoms with Gasteiger partial charge in [-0.2, -0.15) is 5.10 Å². The molecule has 0 aliphatic rings. The van der Waals surface area contributed by atoms with Crippen LogP contribution in [-0.4, -0.2) is 28.8 Å². The lowest BCUT2D eigenvalue weighted by Crippen LogP contribution is -2.16. The van der Waals surface area contributed by atoms with E-state index in [0.717, 1.165) is 5.56 Å². The maximum atomic E-state index is 12.9. The average Bonchev–Trinajstić information content (AvgIpc) is 3.07. The molecule has 0 unspecified atom stereocenters. The number of hydrogen-bond acceptors (Lipinski definition) is 5. The number of methoxy groups -OCH3 is 1. The Morgan fingerprint density at radius 2 is 1.79 bits per heavy atom. The van der Waals surface area contributed by atoms with Gasteiger partial charge in [0.05, 0.1) is 19.0 Å². The number of hydrogen-bond donors (Lipinski definition) is 1. The first-order valence-corrected chi connectivity index (χ1v) is 8.37. The van der Waals surface area contributed by atoms with E-state index in [1.165, 1.54) is 30.1 Å². The number of carbonyl (C=O) groups is 2. The Labute approximate surface area is 160 Å². The van der Waals surface area contributed by atoms with E-state index in [9.17, 15) is 14.0 Å². The number of rotatable bonds is 6. The lowest BCUT2D eigenvalue weighted by Gasteiger charge is -2.08. The SMILES string of the molecule is COC(=O)c1c(NC(=O)c2ccc(COc3ccc(F)cc3)cc2)cnn1C. The number of ether oxygens (including phenoxy) is 2. The summed E-state index contributed by atoms with van der Waals surface area (Å²) in [6, 6.07) is 12.5. The van der Waals surface area contributed by atoms with Gasteiger partial charge in [-0.05, 0) is 42.0 Å². The molecule has 7 nitrogen and oxygen atoms in total. The first-order valence-electron chi connectivity index (χ1n) is 8.37. The maximum absolute atomic E-state index is 12.9. The molecule has 28 heavy (non-hydrogen) atoms. The number of nitrogens with one attached hydrogen (secondary N) is 1. The number of nitrogens with zero attached hydrogens (tertiary/aromatic N) is 2. The third kappa shape index (κ3) is 4.35. The minimum atomic E-state index is -0.594. The molecule has 8 heteroatoms. The van der Waals surface area contributed by atoms with Crippen LogP contribution in [-0.2, 0) is 18.4 Å². The normalized spacial score (nSPS) is 10.4. The van der Waals surface area contributed by atoms with Crippen molar-refractivity contribution >= 4 is 17.6 Å². The van der Waals surface area contributed by atoms with Gasteiger partial charge >= 0.3 is 5.97 Å². The molecule has 0 radical (unpaired) electrons.